The van der Waals surface area contributed by atoms with E-state index in [1.165, 1.54) is 0 Å². The summed E-state index contributed by atoms with van der Waals surface area (Å²) in [4.78, 5) is 0. The normalized spacial score (nSPS) is 10.2. The lowest BCUT2D eigenvalue weighted by Crippen LogP contribution is -2.17. The van der Waals surface area contributed by atoms with Gasteiger partial charge in [-0.2, -0.15) is 4.68 Å². The summed E-state index contributed by atoms with van der Waals surface area (Å²) in [7, 11) is 1.64. The van der Waals surface area contributed by atoms with Gasteiger partial charge in [0.15, 0.2) is 11.5 Å². The third-order valence-corrected chi connectivity index (χ3v) is 4.79. The topological polar surface area (TPSA) is 74.1 Å². The van der Waals surface area contributed by atoms with Crippen molar-refractivity contribution < 1.29 is 9.47 Å². The molecule has 2 aromatic carbocycles. The van der Waals surface area contributed by atoms with Gasteiger partial charge in [0.25, 0.3) is 0 Å². The van der Waals surface area contributed by atoms with Crippen LogP contribution in [-0.2, 0) is 6.54 Å². The summed E-state index contributed by atoms with van der Waals surface area (Å²) >= 11 is 1.61. The second kappa shape index (κ2) is 12.1. The highest BCUT2D eigenvalue weighted by atomic mass is 35.5. The number of rotatable bonds is 11. The van der Waals surface area contributed by atoms with Crippen molar-refractivity contribution in [2.45, 2.75) is 11.7 Å². The molecule has 0 radical (unpaired) electrons. The first-order chi connectivity index (χ1) is 13.8. The molecule has 0 unspecified atom stereocenters. The number of nitrogens with zero attached hydrogens (tertiary/aromatic N) is 4. The third kappa shape index (κ3) is 6.49. The van der Waals surface area contributed by atoms with Gasteiger partial charge >= 0.3 is 0 Å². The lowest BCUT2D eigenvalue weighted by atomic mass is 10.2. The second-order valence-corrected chi connectivity index (χ2v) is 6.88. The van der Waals surface area contributed by atoms with Crippen molar-refractivity contribution in [1.82, 2.24) is 25.5 Å². The van der Waals surface area contributed by atoms with Crippen molar-refractivity contribution in [2.24, 2.45) is 0 Å². The molecule has 0 aliphatic rings. The van der Waals surface area contributed by atoms with Crippen LogP contribution >= 0.6 is 24.2 Å². The van der Waals surface area contributed by atoms with Gasteiger partial charge < -0.3 is 14.8 Å². The van der Waals surface area contributed by atoms with Crippen molar-refractivity contribution >= 4 is 24.2 Å². The number of para-hydroxylation sites is 1. The quantitative estimate of drug-likeness (QED) is 0.281. The Kier molecular flexibility index (Phi) is 9.49. The van der Waals surface area contributed by atoms with Crippen LogP contribution < -0.4 is 14.8 Å². The van der Waals surface area contributed by atoms with Crippen molar-refractivity contribution in [3.63, 3.8) is 0 Å². The van der Waals surface area contributed by atoms with Crippen LogP contribution in [0, 0.1) is 0 Å². The van der Waals surface area contributed by atoms with E-state index in [1.807, 2.05) is 48.5 Å². The SMILES string of the molecule is C=CCOc1ccc(CNCCSc2nnnn2-c2ccccc2)cc1OC.Cl. The highest BCUT2D eigenvalue weighted by molar-refractivity contribution is 7.99. The van der Waals surface area contributed by atoms with Crippen LogP contribution in [-0.4, -0.2) is 46.2 Å². The van der Waals surface area contributed by atoms with E-state index in [2.05, 4.69) is 27.4 Å². The summed E-state index contributed by atoms with van der Waals surface area (Å²) in [5, 5.41) is 16.2. The lowest BCUT2D eigenvalue weighted by molar-refractivity contribution is 0.326. The molecule has 0 saturated heterocycles. The Hall–Kier alpha value is -2.55. The monoisotopic (exact) mass is 433 g/mol. The highest BCUT2D eigenvalue weighted by Gasteiger charge is 2.08. The minimum Gasteiger partial charge on any atom is -0.493 e. The molecule has 0 aliphatic carbocycles. The van der Waals surface area contributed by atoms with Crippen LogP contribution in [0.4, 0.5) is 0 Å². The minimum atomic E-state index is 0. The molecular weight excluding hydrogens is 410 g/mol. The van der Waals surface area contributed by atoms with Crippen molar-refractivity contribution in [1.29, 1.82) is 0 Å². The maximum Gasteiger partial charge on any atom is 0.214 e. The van der Waals surface area contributed by atoms with Crippen molar-refractivity contribution in [3.05, 3.63) is 66.7 Å². The van der Waals surface area contributed by atoms with E-state index in [9.17, 15) is 0 Å². The van der Waals surface area contributed by atoms with E-state index in [-0.39, 0.29) is 12.4 Å². The molecule has 3 aromatic rings. The van der Waals surface area contributed by atoms with Gasteiger partial charge in [-0.3, -0.25) is 0 Å². The number of hydrogen-bond donors (Lipinski definition) is 1. The fourth-order valence-corrected chi connectivity index (χ4v) is 3.32. The Morgan fingerprint density at radius 2 is 2.00 bits per heavy atom. The molecule has 1 heterocycles. The molecule has 0 fully saturated rings. The minimum absolute atomic E-state index is 0. The number of ether oxygens (including phenoxy) is 2. The Morgan fingerprint density at radius 1 is 1.17 bits per heavy atom. The van der Waals surface area contributed by atoms with Crippen LogP contribution in [0.3, 0.4) is 0 Å². The zero-order valence-electron chi connectivity index (χ0n) is 16.2. The van der Waals surface area contributed by atoms with Gasteiger partial charge in [0.1, 0.15) is 6.61 Å². The zero-order valence-corrected chi connectivity index (χ0v) is 17.8. The van der Waals surface area contributed by atoms with Crippen molar-refractivity contribution in [3.8, 4) is 17.2 Å². The molecule has 0 spiro atoms. The van der Waals surface area contributed by atoms with E-state index in [4.69, 9.17) is 9.47 Å². The lowest BCUT2D eigenvalue weighted by Gasteiger charge is -2.11. The van der Waals surface area contributed by atoms with E-state index in [0.717, 1.165) is 46.7 Å². The first-order valence-corrected chi connectivity index (χ1v) is 9.88. The number of methoxy groups -OCH3 is 1. The molecule has 0 aliphatic heterocycles. The number of aromatic nitrogens is 4. The smallest absolute Gasteiger partial charge is 0.214 e. The molecule has 0 saturated carbocycles. The summed E-state index contributed by atoms with van der Waals surface area (Å²) in [6, 6.07) is 15.8. The Balaban J connectivity index is 0.00000300. The molecule has 1 N–H and O–H groups in total. The summed E-state index contributed by atoms with van der Waals surface area (Å²) in [6.07, 6.45) is 1.71. The van der Waals surface area contributed by atoms with Gasteiger partial charge in [-0.25, -0.2) is 0 Å². The fraction of sp³-hybridized carbons (Fsp3) is 0.250. The molecule has 3 rings (SSSR count). The molecule has 154 valence electrons. The van der Waals surface area contributed by atoms with Crippen LogP contribution in [0.5, 0.6) is 11.5 Å². The van der Waals surface area contributed by atoms with Gasteiger partial charge in [0.05, 0.1) is 12.8 Å². The number of tetrazole rings is 1. The van der Waals surface area contributed by atoms with Gasteiger partial charge in [-0.15, -0.1) is 17.5 Å². The van der Waals surface area contributed by atoms with E-state index < -0.39 is 0 Å². The van der Waals surface area contributed by atoms with Gasteiger partial charge in [0, 0.05) is 18.8 Å². The first-order valence-electron chi connectivity index (χ1n) is 8.89. The van der Waals surface area contributed by atoms with E-state index in [1.54, 1.807) is 29.6 Å². The molecule has 29 heavy (non-hydrogen) atoms. The van der Waals surface area contributed by atoms with Gasteiger partial charge in [0.2, 0.25) is 5.16 Å². The second-order valence-electron chi connectivity index (χ2n) is 5.82. The predicted octanol–water partition coefficient (Wildman–Crippen LogP) is 3.54. The Labute approximate surface area is 180 Å². The summed E-state index contributed by atoms with van der Waals surface area (Å²) in [5.74, 6) is 2.29. The van der Waals surface area contributed by atoms with Crippen LogP contribution in [0.2, 0.25) is 0 Å². The number of benzene rings is 2. The van der Waals surface area contributed by atoms with Gasteiger partial charge in [-0.1, -0.05) is 48.7 Å². The summed E-state index contributed by atoms with van der Waals surface area (Å²) in [5.41, 5.74) is 2.08. The number of halogens is 1. The predicted molar refractivity (Wildman–Crippen MR) is 118 cm³/mol. The molecule has 0 atom stereocenters. The zero-order chi connectivity index (χ0) is 19.6. The molecule has 0 bridgehead atoms. The number of thioether (sulfide) groups is 1. The molecule has 1 aromatic heterocycles. The molecular formula is C20H24ClN5O2S. The highest BCUT2D eigenvalue weighted by Crippen LogP contribution is 2.28. The number of nitrogens with one attached hydrogen (secondary N) is 1. The third-order valence-electron chi connectivity index (χ3n) is 3.87. The maximum atomic E-state index is 5.58. The van der Waals surface area contributed by atoms with Crippen LogP contribution in [0.15, 0.2) is 66.3 Å². The average molecular weight is 434 g/mol. The van der Waals surface area contributed by atoms with Gasteiger partial charge in [-0.05, 0) is 40.3 Å². The summed E-state index contributed by atoms with van der Waals surface area (Å²) < 4.78 is 12.7. The summed E-state index contributed by atoms with van der Waals surface area (Å²) in [6.45, 7) is 5.67. The number of hydrogen-bond acceptors (Lipinski definition) is 7. The Morgan fingerprint density at radius 3 is 2.76 bits per heavy atom. The average Bonchev–Trinajstić information content (AvgIpc) is 3.21. The van der Waals surface area contributed by atoms with Crippen LogP contribution in [0.25, 0.3) is 5.69 Å². The van der Waals surface area contributed by atoms with E-state index in [0.29, 0.717) is 6.61 Å². The molecule has 0 amide bonds. The largest absolute Gasteiger partial charge is 0.493 e. The van der Waals surface area contributed by atoms with E-state index >= 15 is 0 Å². The molecule has 7 nitrogen and oxygen atoms in total. The Bertz CT molecular complexity index is 892. The first kappa shape index (κ1) is 22.7. The molecule has 9 heteroatoms. The van der Waals surface area contributed by atoms with Crippen LogP contribution in [0.1, 0.15) is 5.56 Å². The van der Waals surface area contributed by atoms with Crippen molar-refractivity contribution in [2.75, 3.05) is 26.0 Å². The standard InChI is InChI=1S/C20H23N5O2S.ClH/c1-3-12-27-18-10-9-16(14-19(18)26-2)15-21-11-13-28-20-22-23-24-25(20)17-7-5-4-6-8-17;/h3-10,14,21H,1,11-13,15H2,2H3;1H. The maximum absolute atomic E-state index is 5.58. The fourth-order valence-electron chi connectivity index (χ4n) is 2.54.